The second-order valence-corrected chi connectivity index (χ2v) is 4.77. The highest BCUT2D eigenvalue weighted by Gasteiger charge is 2.29. The lowest BCUT2D eigenvalue weighted by molar-refractivity contribution is 0.350. The van der Waals surface area contributed by atoms with Gasteiger partial charge in [0.15, 0.2) is 5.82 Å². The van der Waals surface area contributed by atoms with Gasteiger partial charge in [-0.1, -0.05) is 19.0 Å². The summed E-state index contributed by atoms with van der Waals surface area (Å²) in [6, 6.07) is 1.88. The number of aryl methyl sites for hydroxylation is 2. The third-order valence-corrected chi connectivity index (χ3v) is 3.46. The van der Waals surface area contributed by atoms with Crippen molar-refractivity contribution in [3.63, 3.8) is 0 Å². The molecule has 0 radical (unpaired) electrons. The average Bonchev–Trinajstić information content (AvgIpc) is 2.90. The first-order valence-electron chi connectivity index (χ1n) is 6.44. The minimum atomic E-state index is -0.537. The van der Waals surface area contributed by atoms with Crippen LogP contribution < -0.4 is 5.73 Å². The molecular weight excluding hydrogens is 242 g/mol. The first-order chi connectivity index (χ1) is 9.00. The molecule has 0 aromatic carbocycles. The predicted molar refractivity (Wildman–Crippen MR) is 71.2 cm³/mol. The fraction of sp³-hybridized carbons (Fsp3) is 0.538. The molecule has 2 N–H and O–H groups in total. The molecule has 0 amide bonds. The monoisotopic (exact) mass is 261 g/mol. The van der Waals surface area contributed by atoms with Crippen molar-refractivity contribution in [2.24, 2.45) is 5.73 Å². The highest BCUT2D eigenvalue weighted by Crippen LogP contribution is 2.26. The van der Waals surface area contributed by atoms with Crippen LogP contribution >= 0.6 is 0 Å². The van der Waals surface area contributed by atoms with E-state index in [4.69, 9.17) is 10.3 Å². The van der Waals surface area contributed by atoms with Crippen LogP contribution in [0.5, 0.6) is 0 Å². The molecule has 2 rings (SSSR count). The lowest BCUT2D eigenvalue weighted by atomic mass is 9.93. The van der Waals surface area contributed by atoms with E-state index in [1.807, 2.05) is 33.8 Å². The highest BCUT2D eigenvalue weighted by atomic mass is 16.5. The third kappa shape index (κ3) is 2.49. The SMILES string of the molecule is CCC(N)(CC)c1noc(-c2cc(C)nnc2C)n1. The van der Waals surface area contributed by atoms with Crippen LogP contribution in [-0.4, -0.2) is 20.3 Å². The van der Waals surface area contributed by atoms with Crippen molar-refractivity contribution in [2.75, 3.05) is 0 Å². The molecular formula is C13H19N5O. The van der Waals surface area contributed by atoms with Crippen LogP contribution in [0.2, 0.25) is 0 Å². The molecule has 0 aliphatic rings. The molecule has 0 fully saturated rings. The Bertz CT molecular complexity index is 574. The summed E-state index contributed by atoms with van der Waals surface area (Å²) in [5.41, 5.74) is 8.11. The van der Waals surface area contributed by atoms with Gasteiger partial charge in [-0.15, -0.1) is 0 Å². The number of aromatic nitrogens is 4. The lowest BCUT2D eigenvalue weighted by Crippen LogP contribution is -2.36. The molecule has 2 aromatic heterocycles. The number of nitrogens with two attached hydrogens (primary N) is 1. The van der Waals surface area contributed by atoms with Crippen LogP contribution in [0.3, 0.4) is 0 Å². The molecule has 0 unspecified atom stereocenters. The van der Waals surface area contributed by atoms with Gasteiger partial charge in [0.25, 0.3) is 5.89 Å². The van der Waals surface area contributed by atoms with Gasteiger partial charge < -0.3 is 10.3 Å². The molecule has 0 spiro atoms. The Kier molecular flexibility index (Phi) is 3.61. The van der Waals surface area contributed by atoms with Crippen LogP contribution in [-0.2, 0) is 5.54 Å². The van der Waals surface area contributed by atoms with Crippen LogP contribution in [0.15, 0.2) is 10.6 Å². The maximum atomic E-state index is 6.26. The Morgan fingerprint density at radius 3 is 2.53 bits per heavy atom. The summed E-state index contributed by atoms with van der Waals surface area (Å²) in [7, 11) is 0. The third-order valence-electron chi connectivity index (χ3n) is 3.46. The zero-order valence-electron chi connectivity index (χ0n) is 11.8. The van der Waals surface area contributed by atoms with Crippen LogP contribution in [0, 0.1) is 13.8 Å². The van der Waals surface area contributed by atoms with Crippen molar-refractivity contribution >= 4 is 0 Å². The van der Waals surface area contributed by atoms with Gasteiger partial charge in [0.05, 0.1) is 22.5 Å². The van der Waals surface area contributed by atoms with Crippen molar-refractivity contribution in [3.05, 3.63) is 23.3 Å². The van der Waals surface area contributed by atoms with Gasteiger partial charge in [-0.3, -0.25) is 0 Å². The van der Waals surface area contributed by atoms with Gasteiger partial charge in [-0.2, -0.15) is 15.2 Å². The Morgan fingerprint density at radius 2 is 1.89 bits per heavy atom. The van der Waals surface area contributed by atoms with Crippen LogP contribution in [0.4, 0.5) is 0 Å². The molecule has 0 bridgehead atoms. The summed E-state index contributed by atoms with van der Waals surface area (Å²) in [5.74, 6) is 0.989. The number of nitrogens with zero attached hydrogens (tertiary/aromatic N) is 4. The summed E-state index contributed by atoms with van der Waals surface area (Å²) in [5, 5.41) is 12.1. The van der Waals surface area contributed by atoms with Crippen LogP contribution in [0.25, 0.3) is 11.5 Å². The molecule has 2 aromatic rings. The standard InChI is InChI=1S/C13H19N5O/c1-5-13(14,6-2)12-15-11(19-18-12)10-7-8(3)16-17-9(10)4/h7H,5-6,14H2,1-4H3. The Hall–Kier alpha value is -1.82. The molecule has 0 aliphatic carbocycles. The largest absolute Gasteiger partial charge is 0.334 e. The van der Waals surface area contributed by atoms with Gasteiger partial charge in [-0.25, -0.2) is 0 Å². The van der Waals surface area contributed by atoms with E-state index in [0.717, 1.165) is 29.8 Å². The molecule has 19 heavy (non-hydrogen) atoms. The predicted octanol–water partition coefficient (Wildman–Crippen LogP) is 2.12. The Labute approximate surface area is 112 Å². The zero-order chi connectivity index (χ0) is 14.0. The van der Waals surface area contributed by atoms with Crippen LogP contribution in [0.1, 0.15) is 43.9 Å². The number of hydrogen-bond donors (Lipinski definition) is 1. The van der Waals surface area contributed by atoms with Gasteiger partial charge in [-0.05, 0) is 32.8 Å². The normalized spacial score (nSPS) is 11.8. The van der Waals surface area contributed by atoms with Crippen molar-refractivity contribution in [1.82, 2.24) is 20.3 Å². The Morgan fingerprint density at radius 1 is 1.21 bits per heavy atom. The van der Waals surface area contributed by atoms with E-state index in [-0.39, 0.29) is 0 Å². The summed E-state index contributed by atoms with van der Waals surface area (Å²) < 4.78 is 5.33. The van der Waals surface area contributed by atoms with E-state index in [0.29, 0.717) is 11.7 Å². The molecule has 6 heteroatoms. The molecule has 0 atom stereocenters. The van der Waals surface area contributed by atoms with Gasteiger partial charge in [0.1, 0.15) is 0 Å². The van der Waals surface area contributed by atoms with Crippen molar-refractivity contribution in [2.45, 2.75) is 46.1 Å². The van der Waals surface area contributed by atoms with E-state index in [1.165, 1.54) is 0 Å². The molecule has 2 heterocycles. The summed E-state index contributed by atoms with van der Waals surface area (Å²) in [6.45, 7) is 7.77. The molecule has 0 saturated heterocycles. The minimum Gasteiger partial charge on any atom is -0.334 e. The van der Waals surface area contributed by atoms with E-state index >= 15 is 0 Å². The van der Waals surface area contributed by atoms with Crippen molar-refractivity contribution in [1.29, 1.82) is 0 Å². The minimum absolute atomic E-state index is 0.447. The first kappa shape index (κ1) is 13.6. The average molecular weight is 261 g/mol. The Balaban J connectivity index is 2.44. The molecule has 0 aliphatic heterocycles. The quantitative estimate of drug-likeness (QED) is 0.906. The van der Waals surface area contributed by atoms with Crippen molar-refractivity contribution < 1.29 is 4.52 Å². The topological polar surface area (TPSA) is 90.7 Å². The summed E-state index contributed by atoms with van der Waals surface area (Å²) in [6.07, 6.45) is 1.52. The van der Waals surface area contributed by atoms with Crippen molar-refractivity contribution in [3.8, 4) is 11.5 Å². The zero-order valence-corrected chi connectivity index (χ0v) is 11.8. The number of hydrogen-bond acceptors (Lipinski definition) is 6. The highest BCUT2D eigenvalue weighted by molar-refractivity contribution is 5.55. The maximum Gasteiger partial charge on any atom is 0.259 e. The van der Waals surface area contributed by atoms with E-state index in [2.05, 4.69) is 20.3 Å². The van der Waals surface area contributed by atoms with E-state index in [9.17, 15) is 0 Å². The molecule has 6 nitrogen and oxygen atoms in total. The second-order valence-electron chi connectivity index (χ2n) is 4.77. The summed E-state index contributed by atoms with van der Waals surface area (Å²) in [4.78, 5) is 4.43. The maximum absolute atomic E-state index is 6.26. The van der Waals surface area contributed by atoms with Gasteiger partial charge in [0.2, 0.25) is 0 Å². The van der Waals surface area contributed by atoms with Gasteiger partial charge in [0, 0.05) is 0 Å². The smallest absolute Gasteiger partial charge is 0.259 e. The van der Waals surface area contributed by atoms with E-state index < -0.39 is 5.54 Å². The first-order valence-corrected chi connectivity index (χ1v) is 6.44. The molecule has 0 saturated carbocycles. The number of rotatable bonds is 4. The lowest BCUT2D eigenvalue weighted by Gasteiger charge is -2.21. The fourth-order valence-electron chi connectivity index (χ4n) is 1.87. The second kappa shape index (κ2) is 5.05. The fourth-order valence-corrected chi connectivity index (χ4v) is 1.87. The molecule has 102 valence electrons. The van der Waals surface area contributed by atoms with Gasteiger partial charge >= 0.3 is 0 Å². The summed E-state index contributed by atoms with van der Waals surface area (Å²) >= 11 is 0. The van der Waals surface area contributed by atoms with E-state index in [1.54, 1.807) is 0 Å².